The fourth-order valence-electron chi connectivity index (χ4n) is 2.76. The van der Waals surface area contributed by atoms with Crippen LogP contribution >= 0.6 is 15.9 Å². The van der Waals surface area contributed by atoms with E-state index in [0.29, 0.717) is 5.92 Å². The summed E-state index contributed by atoms with van der Waals surface area (Å²) < 4.78 is 1.05. The molecule has 1 saturated carbocycles. The molecule has 4 heteroatoms. The Morgan fingerprint density at radius 2 is 1.94 bits per heavy atom. The molecule has 0 radical (unpaired) electrons. The molecule has 0 bridgehead atoms. The second-order valence-electron chi connectivity index (χ2n) is 4.82. The molecule has 1 aliphatic rings. The third-order valence-electron chi connectivity index (χ3n) is 3.68. The second-order valence-corrected chi connectivity index (χ2v) is 5.73. The molecular formula is C13H20BrN3. The Morgan fingerprint density at radius 3 is 2.59 bits per heavy atom. The Balaban J connectivity index is 2.24. The van der Waals surface area contributed by atoms with Crippen LogP contribution in [0.4, 0.5) is 5.69 Å². The van der Waals surface area contributed by atoms with Crippen molar-refractivity contribution in [3.8, 4) is 0 Å². The normalized spacial score (nSPS) is 19.2. The minimum absolute atomic E-state index is 0.174. The van der Waals surface area contributed by atoms with E-state index in [-0.39, 0.29) is 6.04 Å². The molecule has 17 heavy (non-hydrogen) atoms. The minimum atomic E-state index is 0.174. The summed E-state index contributed by atoms with van der Waals surface area (Å²) in [6.45, 7) is 0. The number of halogens is 1. The molecule has 1 fully saturated rings. The lowest BCUT2D eigenvalue weighted by molar-refractivity contribution is 0.274. The van der Waals surface area contributed by atoms with Gasteiger partial charge in [-0.3, -0.25) is 11.3 Å². The highest BCUT2D eigenvalue weighted by molar-refractivity contribution is 9.10. The van der Waals surface area contributed by atoms with Gasteiger partial charge in [0.05, 0.1) is 6.04 Å². The van der Waals surface area contributed by atoms with Crippen LogP contribution in [0.25, 0.3) is 0 Å². The number of hydrazine groups is 1. The van der Waals surface area contributed by atoms with Crippen molar-refractivity contribution in [1.29, 1.82) is 0 Å². The quantitative estimate of drug-likeness (QED) is 0.456. The van der Waals surface area contributed by atoms with E-state index in [1.54, 1.807) is 0 Å². The standard InChI is InChI=1S/C13H20BrN3/c14-10-6-7-12(15)11(8-10)13(17-16)9-4-2-1-3-5-9/h6-9,13,17H,1-5,15-16H2. The lowest BCUT2D eigenvalue weighted by Gasteiger charge is -2.30. The maximum absolute atomic E-state index is 6.06. The first-order valence-electron chi connectivity index (χ1n) is 6.23. The molecule has 0 amide bonds. The molecular weight excluding hydrogens is 278 g/mol. The van der Waals surface area contributed by atoms with E-state index in [0.717, 1.165) is 15.7 Å². The van der Waals surface area contributed by atoms with Crippen LogP contribution in [0.15, 0.2) is 22.7 Å². The van der Waals surface area contributed by atoms with Crippen molar-refractivity contribution >= 4 is 21.6 Å². The molecule has 1 atom stereocenters. The second kappa shape index (κ2) is 5.85. The number of hydrogen-bond acceptors (Lipinski definition) is 3. The fourth-order valence-corrected chi connectivity index (χ4v) is 3.14. The van der Waals surface area contributed by atoms with Gasteiger partial charge in [0.15, 0.2) is 0 Å². The number of nitrogen functional groups attached to an aromatic ring is 1. The summed E-state index contributed by atoms with van der Waals surface area (Å²) in [5.74, 6) is 6.34. The predicted octanol–water partition coefficient (Wildman–Crippen LogP) is 3.12. The number of anilines is 1. The van der Waals surface area contributed by atoms with E-state index < -0.39 is 0 Å². The van der Waals surface area contributed by atoms with Gasteiger partial charge >= 0.3 is 0 Å². The molecule has 94 valence electrons. The third kappa shape index (κ3) is 3.00. The van der Waals surface area contributed by atoms with Crippen LogP contribution in [0, 0.1) is 5.92 Å². The van der Waals surface area contributed by atoms with Gasteiger partial charge in [-0.2, -0.15) is 0 Å². The largest absolute Gasteiger partial charge is 0.398 e. The Hall–Kier alpha value is -0.580. The maximum atomic E-state index is 6.06. The van der Waals surface area contributed by atoms with E-state index in [1.165, 1.54) is 32.1 Å². The van der Waals surface area contributed by atoms with Crippen molar-refractivity contribution in [1.82, 2.24) is 5.43 Å². The lowest BCUT2D eigenvalue weighted by atomic mass is 9.81. The molecule has 1 unspecified atom stereocenters. The first-order valence-corrected chi connectivity index (χ1v) is 7.02. The first kappa shape index (κ1) is 12.9. The van der Waals surface area contributed by atoms with E-state index in [1.807, 2.05) is 12.1 Å². The molecule has 1 aromatic rings. The topological polar surface area (TPSA) is 64.1 Å². The van der Waals surface area contributed by atoms with Crippen molar-refractivity contribution in [2.24, 2.45) is 11.8 Å². The van der Waals surface area contributed by atoms with E-state index in [2.05, 4.69) is 27.4 Å². The molecule has 0 spiro atoms. The van der Waals surface area contributed by atoms with Gasteiger partial charge in [-0.25, -0.2) is 0 Å². The number of rotatable bonds is 3. The van der Waals surface area contributed by atoms with E-state index >= 15 is 0 Å². The molecule has 0 aliphatic heterocycles. The van der Waals surface area contributed by atoms with Gasteiger partial charge in [0, 0.05) is 10.2 Å². The first-order chi connectivity index (χ1) is 8.22. The van der Waals surface area contributed by atoms with Gasteiger partial charge in [0.2, 0.25) is 0 Å². The summed E-state index contributed by atoms with van der Waals surface area (Å²) in [7, 11) is 0. The number of nitrogens with one attached hydrogen (secondary N) is 1. The SMILES string of the molecule is NNC(c1cc(Br)ccc1N)C1CCCCC1. The van der Waals surface area contributed by atoms with Crippen LogP contribution in [0.2, 0.25) is 0 Å². The number of benzene rings is 1. The van der Waals surface area contributed by atoms with Crippen LogP contribution in [0.1, 0.15) is 43.7 Å². The highest BCUT2D eigenvalue weighted by Gasteiger charge is 2.25. The summed E-state index contributed by atoms with van der Waals surface area (Å²) in [5.41, 5.74) is 11.0. The highest BCUT2D eigenvalue weighted by atomic mass is 79.9. The molecule has 3 nitrogen and oxygen atoms in total. The molecule has 0 saturated heterocycles. The summed E-state index contributed by atoms with van der Waals surface area (Å²) in [4.78, 5) is 0. The van der Waals surface area contributed by atoms with Crippen LogP contribution in [0.5, 0.6) is 0 Å². The highest BCUT2D eigenvalue weighted by Crippen LogP contribution is 2.36. The molecule has 1 aliphatic carbocycles. The Bertz CT molecular complexity index is 375. The van der Waals surface area contributed by atoms with Crippen LogP contribution in [-0.2, 0) is 0 Å². The zero-order valence-corrected chi connectivity index (χ0v) is 11.5. The molecule has 0 aromatic heterocycles. The monoisotopic (exact) mass is 297 g/mol. The van der Waals surface area contributed by atoms with E-state index in [9.17, 15) is 0 Å². The molecule has 5 N–H and O–H groups in total. The van der Waals surface area contributed by atoms with Gasteiger partial charge in [0.25, 0.3) is 0 Å². The molecule has 2 rings (SSSR count). The number of nitrogens with two attached hydrogens (primary N) is 2. The van der Waals surface area contributed by atoms with Crippen LogP contribution in [-0.4, -0.2) is 0 Å². The van der Waals surface area contributed by atoms with Crippen molar-refractivity contribution < 1.29 is 0 Å². The lowest BCUT2D eigenvalue weighted by Crippen LogP contribution is -2.35. The van der Waals surface area contributed by atoms with Crippen LogP contribution in [0.3, 0.4) is 0 Å². The fraction of sp³-hybridized carbons (Fsp3) is 0.538. The van der Waals surface area contributed by atoms with Crippen molar-refractivity contribution in [3.05, 3.63) is 28.2 Å². The molecule has 0 heterocycles. The summed E-state index contributed by atoms with van der Waals surface area (Å²) in [6.07, 6.45) is 6.43. The van der Waals surface area contributed by atoms with Crippen molar-refractivity contribution in [2.75, 3.05) is 5.73 Å². The summed E-state index contributed by atoms with van der Waals surface area (Å²) in [5, 5.41) is 0. The Labute approximate surface area is 111 Å². The zero-order chi connectivity index (χ0) is 12.3. The van der Waals surface area contributed by atoms with Crippen molar-refractivity contribution in [2.45, 2.75) is 38.1 Å². The summed E-state index contributed by atoms with van der Waals surface area (Å²) in [6, 6.07) is 6.15. The molecule has 1 aromatic carbocycles. The van der Waals surface area contributed by atoms with E-state index in [4.69, 9.17) is 11.6 Å². The van der Waals surface area contributed by atoms with Gasteiger partial charge in [-0.15, -0.1) is 0 Å². The Morgan fingerprint density at radius 1 is 1.24 bits per heavy atom. The zero-order valence-electron chi connectivity index (χ0n) is 9.95. The third-order valence-corrected chi connectivity index (χ3v) is 4.18. The Kier molecular flexibility index (Phi) is 4.42. The van der Waals surface area contributed by atoms with Gasteiger partial charge in [-0.1, -0.05) is 35.2 Å². The van der Waals surface area contributed by atoms with Gasteiger partial charge < -0.3 is 5.73 Å². The average Bonchev–Trinajstić information content (AvgIpc) is 2.36. The number of hydrogen-bond donors (Lipinski definition) is 3. The predicted molar refractivity (Wildman–Crippen MR) is 75.2 cm³/mol. The van der Waals surface area contributed by atoms with Gasteiger partial charge in [0.1, 0.15) is 0 Å². The van der Waals surface area contributed by atoms with Crippen LogP contribution < -0.4 is 17.0 Å². The average molecular weight is 298 g/mol. The maximum Gasteiger partial charge on any atom is 0.0508 e. The summed E-state index contributed by atoms with van der Waals surface area (Å²) >= 11 is 3.49. The minimum Gasteiger partial charge on any atom is -0.398 e. The smallest absolute Gasteiger partial charge is 0.0508 e. The van der Waals surface area contributed by atoms with Crippen molar-refractivity contribution in [3.63, 3.8) is 0 Å². The van der Waals surface area contributed by atoms with Gasteiger partial charge in [-0.05, 0) is 42.5 Å².